The summed E-state index contributed by atoms with van der Waals surface area (Å²) >= 11 is 0. The van der Waals surface area contributed by atoms with Gasteiger partial charge >= 0.3 is 0 Å². The van der Waals surface area contributed by atoms with Gasteiger partial charge in [-0.3, -0.25) is 9.69 Å². The zero-order valence-electron chi connectivity index (χ0n) is 11.6. The number of amides is 1. The number of hydrogen-bond acceptors (Lipinski definition) is 3. The van der Waals surface area contributed by atoms with Crippen LogP contribution in [0.2, 0.25) is 0 Å². The fourth-order valence-electron chi connectivity index (χ4n) is 2.12. The molecule has 1 amide bonds. The van der Waals surface area contributed by atoms with Crippen molar-refractivity contribution in [3.05, 3.63) is 29.8 Å². The minimum atomic E-state index is 0.145. The highest BCUT2D eigenvalue weighted by Crippen LogP contribution is 2.18. The number of nitrogens with two attached hydrogens (primary N) is 1. The minimum absolute atomic E-state index is 0.145. The number of carbonyl (C=O) groups excluding carboxylic acids is 1. The summed E-state index contributed by atoms with van der Waals surface area (Å²) < 4.78 is 0. The second kappa shape index (κ2) is 6.57. The Hall–Kier alpha value is -1.55. The number of benzene rings is 1. The molecule has 2 rings (SSSR count). The van der Waals surface area contributed by atoms with Crippen molar-refractivity contribution in [2.75, 3.05) is 18.8 Å². The van der Waals surface area contributed by atoms with E-state index in [1.54, 1.807) is 0 Å². The number of carbonyl (C=O) groups is 1. The van der Waals surface area contributed by atoms with E-state index in [0.29, 0.717) is 12.6 Å². The highest BCUT2D eigenvalue weighted by atomic mass is 16.2. The van der Waals surface area contributed by atoms with Gasteiger partial charge in [-0.15, -0.1) is 0 Å². The Kier molecular flexibility index (Phi) is 4.80. The van der Waals surface area contributed by atoms with Crippen LogP contribution in [0.25, 0.3) is 0 Å². The third kappa shape index (κ3) is 4.91. The van der Waals surface area contributed by atoms with Crippen molar-refractivity contribution in [2.24, 2.45) is 0 Å². The monoisotopic (exact) mass is 261 g/mol. The molecule has 0 aliphatic heterocycles. The SMILES string of the molecule is CCCN(CC(=O)NC1CC1)Cc1ccc(N)cc1. The first-order valence-electron chi connectivity index (χ1n) is 7.03. The van der Waals surface area contributed by atoms with Crippen molar-refractivity contribution in [2.45, 2.75) is 38.8 Å². The van der Waals surface area contributed by atoms with E-state index in [2.05, 4.69) is 17.1 Å². The Balaban J connectivity index is 1.86. The van der Waals surface area contributed by atoms with Crippen molar-refractivity contribution < 1.29 is 4.79 Å². The lowest BCUT2D eigenvalue weighted by Crippen LogP contribution is -2.38. The summed E-state index contributed by atoms with van der Waals surface area (Å²) in [6, 6.07) is 8.30. The summed E-state index contributed by atoms with van der Waals surface area (Å²) in [5, 5.41) is 3.04. The van der Waals surface area contributed by atoms with E-state index < -0.39 is 0 Å². The van der Waals surface area contributed by atoms with Crippen molar-refractivity contribution in [1.29, 1.82) is 0 Å². The molecule has 0 heterocycles. The first kappa shape index (κ1) is 13.9. The van der Waals surface area contributed by atoms with E-state index in [-0.39, 0.29) is 5.91 Å². The number of nitrogens with zero attached hydrogens (tertiary/aromatic N) is 1. The van der Waals surface area contributed by atoms with Gasteiger partial charge in [0.15, 0.2) is 0 Å². The van der Waals surface area contributed by atoms with Gasteiger partial charge in [-0.2, -0.15) is 0 Å². The summed E-state index contributed by atoms with van der Waals surface area (Å²) in [5.74, 6) is 0.145. The molecule has 1 aromatic rings. The maximum Gasteiger partial charge on any atom is 0.234 e. The molecular formula is C15H23N3O. The molecule has 1 aromatic carbocycles. The Morgan fingerprint density at radius 2 is 2.05 bits per heavy atom. The van der Waals surface area contributed by atoms with Gasteiger partial charge in [-0.05, 0) is 43.5 Å². The largest absolute Gasteiger partial charge is 0.399 e. The Morgan fingerprint density at radius 1 is 1.37 bits per heavy atom. The van der Waals surface area contributed by atoms with Crippen LogP contribution in [-0.2, 0) is 11.3 Å². The molecule has 0 radical (unpaired) electrons. The summed E-state index contributed by atoms with van der Waals surface area (Å²) in [6.45, 7) is 4.35. The quantitative estimate of drug-likeness (QED) is 0.735. The number of nitrogen functional groups attached to an aromatic ring is 1. The van der Waals surface area contributed by atoms with Gasteiger partial charge in [0.2, 0.25) is 5.91 Å². The third-order valence-corrected chi connectivity index (χ3v) is 3.24. The second-order valence-electron chi connectivity index (χ2n) is 5.29. The van der Waals surface area contributed by atoms with E-state index in [9.17, 15) is 4.79 Å². The zero-order valence-corrected chi connectivity index (χ0v) is 11.6. The first-order valence-corrected chi connectivity index (χ1v) is 7.03. The van der Waals surface area contributed by atoms with Gasteiger partial charge in [-0.25, -0.2) is 0 Å². The molecule has 4 nitrogen and oxygen atoms in total. The number of anilines is 1. The van der Waals surface area contributed by atoms with Crippen LogP contribution in [0.1, 0.15) is 31.7 Å². The molecule has 0 atom stereocenters. The predicted octanol–water partition coefficient (Wildman–Crippen LogP) is 1.76. The molecule has 4 heteroatoms. The molecule has 1 aliphatic carbocycles. The maximum atomic E-state index is 11.9. The van der Waals surface area contributed by atoms with Crippen LogP contribution in [-0.4, -0.2) is 29.9 Å². The van der Waals surface area contributed by atoms with Gasteiger partial charge < -0.3 is 11.1 Å². The van der Waals surface area contributed by atoms with Crippen LogP contribution in [0.3, 0.4) is 0 Å². The van der Waals surface area contributed by atoms with Crippen LogP contribution >= 0.6 is 0 Å². The molecule has 0 aromatic heterocycles. The number of nitrogens with one attached hydrogen (secondary N) is 1. The molecule has 1 fully saturated rings. The second-order valence-corrected chi connectivity index (χ2v) is 5.29. The summed E-state index contributed by atoms with van der Waals surface area (Å²) in [7, 11) is 0. The minimum Gasteiger partial charge on any atom is -0.399 e. The molecule has 0 unspecified atom stereocenters. The molecular weight excluding hydrogens is 238 g/mol. The zero-order chi connectivity index (χ0) is 13.7. The van der Waals surface area contributed by atoms with Crippen molar-refractivity contribution in [1.82, 2.24) is 10.2 Å². The molecule has 0 bridgehead atoms. The first-order chi connectivity index (χ1) is 9.17. The summed E-state index contributed by atoms with van der Waals surface area (Å²) in [6.07, 6.45) is 3.32. The lowest BCUT2D eigenvalue weighted by Gasteiger charge is -2.21. The number of rotatable bonds is 7. The standard InChI is InChI=1S/C15H23N3O/c1-2-9-18(11-15(19)17-14-7-8-14)10-12-3-5-13(16)6-4-12/h3-6,14H,2,7-11,16H2,1H3,(H,17,19). The smallest absolute Gasteiger partial charge is 0.234 e. The topological polar surface area (TPSA) is 58.4 Å². The fourth-order valence-corrected chi connectivity index (χ4v) is 2.12. The van der Waals surface area contributed by atoms with Gasteiger partial charge in [0.25, 0.3) is 0 Å². The van der Waals surface area contributed by atoms with Crippen molar-refractivity contribution in [3.63, 3.8) is 0 Å². The Labute approximate surface area is 115 Å². The Morgan fingerprint density at radius 3 is 2.63 bits per heavy atom. The van der Waals surface area contributed by atoms with Gasteiger partial charge in [0, 0.05) is 18.3 Å². The summed E-state index contributed by atoms with van der Waals surface area (Å²) in [4.78, 5) is 14.0. The highest BCUT2D eigenvalue weighted by Gasteiger charge is 2.23. The molecule has 19 heavy (non-hydrogen) atoms. The average Bonchev–Trinajstić information content (AvgIpc) is 3.16. The molecule has 1 saturated carbocycles. The van der Waals surface area contributed by atoms with Crippen LogP contribution in [0.15, 0.2) is 24.3 Å². The third-order valence-electron chi connectivity index (χ3n) is 3.24. The lowest BCUT2D eigenvalue weighted by atomic mass is 10.2. The van der Waals surface area contributed by atoms with Crippen LogP contribution < -0.4 is 11.1 Å². The van der Waals surface area contributed by atoms with E-state index >= 15 is 0 Å². The number of hydrogen-bond donors (Lipinski definition) is 2. The van der Waals surface area contributed by atoms with Crippen molar-refractivity contribution in [3.8, 4) is 0 Å². The van der Waals surface area contributed by atoms with E-state index in [4.69, 9.17) is 5.73 Å². The van der Waals surface area contributed by atoms with Crippen molar-refractivity contribution >= 4 is 11.6 Å². The molecule has 104 valence electrons. The van der Waals surface area contributed by atoms with E-state index in [1.807, 2.05) is 24.3 Å². The van der Waals surface area contributed by atoms with E-state index in [1.165, 1.54) is 5.56 Å². The van der Waals surface area contributed by atoms with Gasteiger partial charge in [-0.1, -0.05) is 19.1 Å². The van der Waals surface area contributed by atoms with Gasteiger partial charge in [0.1, 0.15) is 0 Å². The van der Waals surface area contributed by atoms with Crippen LogP contribution in [0.5, 0.6) is 0 Å². The van der Waals surface area contributed by atoms with Crippen LogP contribution in [0, 0.1) is 0 Å². The van der Waals surface area contributed by atoms with E-state index in [0.717, 1.165) is 38.0 Å². The average molecular weight is 261 g/mol. The molecule has 3 N–H and O–H groups in total. The summed E-state index contributed by atoms with van der Waals surface area (Å²) in [5.41, 5.74) is 7.65. The predicted molar refractivity (Wildman–Crippen MR) is 77.6 cm³/mol. The molecule has 1 aliphatic rings. The Bertz CT molecular complexity index is 412. The molecule has 0 saturated heterocycles. The highest BCUT2D eigenvalue weighted by molar-refractivity contribution is 5.78. The maximum absolute atomic E-state index is 11.9. The molecule has 0 spiro atoms. The van der Waals surface area contributed by atoms with Crippen LogP contribution in [0.4, 0.5) is 5.69 Å². The normalized spacial score (nSPS) is 14.6. The lowest BCUT2D eigenvalue weighted by molar-refractivity contribution is -0.122. The van der Waals surface area contributed by atoms with Gasteiger partial charge in [0.05, 0.1) is 6.54 Å². The fraction of sp³-hybridized carbons (Fsp3) is 0.533.